The fourth-order valence-corrected chi connectivity index (χ4v) is 2.94. The number of nitrogens with one attached hydrogen (secondary N) is 1. The van der Waals surface area contributed by atoms with Gasteiger partial charge in [-0.05, 0) is 18.7 Å². The van der Waals surface area contributed by atoms with Crippen molar-refractivity contribution in [2.45, 2.75) is 13.0 Å². The number of benzene rings is 1. The molecule has 0 saturated carbocycles. The van der Waals surface area contributed by atoms with Gasteiger partial charge < -0.3 is 14.8 Å². The number of rotatable bonds is 6. The van der Waals surface area contributed by atoms with E-state index in [0.29, 0.717) is 24.8 Å². The predicted molar refractivity (Wildman–Crippen MR) is 89.2 cm³/mol. The fourth-order valence-electron chi connectivity index (χ4n) is 2.39. The van der Waals surface area contributed by atoms with Gasteiger partial charge in [0.1, 0.15) is 12.7 Å². The Bertz CT molecular complexity index is 648. The second-order valence-electron chi connectivity index (χ2n) is 5.21. The quantitative estimate of drug-likeness (QED) is 0.878. The molecule has 1 amide bonds. The lowest BCUT2D eigenvalue weighted by Gasteiger charge is -2.30. The summed E-state index contributed by atoms with van der Waals surface area (Å²) in [6, 6.07) is 7.63. The molecule has 6 nitrogen and oxygen atoms in total. The van der Waals surface area contributed by atoms with Crippen molar-refractivity contribution < 1.29 is 14.3 Å². The highest BCUT2D eigenvalue weighted by Crippen LogP contribution is 2.30. The highest BCUT2D eigenvalue weighted by atomic mass is 32.1. The largest absolute Gasteiger partial charge is 0.486 e. The minimum absolute atomic E-state index is 0.0704. The van der Waals surface area contributed by atoms with Crippen molar-refractivity contribution in [1.82, 2.24) is 9.88 Å². The van der Waals surface area contributed by atoms with E-state index in [1.165, 1.54) is 11.3 Å². The first-order valence-corrected chi connectivity index (χ1v) is 8.42. The van der Waals surface area contributed by atoms with Crippen LogP contribution in [0.15, 0.2) is 35.8 Å². The molecule has 0 spiro atoms. The van der Waals surface area contributed by atoms with Crippen molar-refractivity contribution in [3.63, 3.8) is 0 Å². The van der Waals surface area contributed by atoms with Crippen molar-refractivity contribution in [2.75, 3.05) is 31.6 Å². The molecule has 122 valence electrons. The van der Waals surface area contributed by atoms with Crippen LogP contribution >= 0.6 is 11.3 Å². The zero-order valence-electron chi connectivity index (χ0n) is 12.9. The highest BCUT2D eigenvalue weighted by Gasteiger charge is 2.23. The van der Waals surface area contributed by atoms with E-state index in [9.17, 15) is 4.79 Å². The molecule has 1 atom stereocenters. The van der Waals surface area contributed by atoms with Gasteiger partial charge in [0.15, 0.2) is 16.6 Å². The number of carbonyl (C=O) groups is 1. The zero-order valence-corrected chi connectivity index (χ0v) is 13.7. The Morgan fingerprint density at radius 1 is 1.43 bits per heavy atom. The molecular formula is C16H19N3O3S. The Hall–Kier alpha value is -2.12. The number of nitrogens with zero attached hydrogens (tertiary/aromatic N) is 2. The summed E-state index contributed by atoms with van der Waals surface area (Å²) in [5.41, 5.74) is 0. The molecule has 23 heavy (non-hydrogen) atoms. The maximum Gasteiger partial charge on any atom is 0.240 e. The van der Waals surface area contributed by atoms with Gasteiger partial charge in [-0.3, -0.25) is 9.69 Å². The lowest BCUT2D eigenvalue weighted by atomic mass is 10.2. The second-order valence-corrected chi connectivity index (χ2v) is 6.11. The van der Waals surface area contributed by atoms with E-state index < -0.39 is 0 Å². The number of hydrogen-bond acceptors (Lipinski definition) is 6. The second kappa shape index (κ2) is 7.43. The summed E-state index contributed by atoms with van der Waals surface area (Å²) in [5.74, 6) is 1.46. The molecule has 0 bridgehead atoms. The van der Waals surface area contributed by atoms with Crippen LogP contribution < -0.4 is 14.8 Å². The molecule has 1 aromatic carbocycles. The summed E-state index contributed by atoms with van der Waals surface area (Å²) in [5, 5.41) is 5.25. The van der Waals surface area contributed by atoms with Gasteiger partial charge in [-0.2, -0.15) is 0 Å². The van der Waals surface area contributed by atoms with Crippen LogP contribution in [0.5, 0.6) is 11.5 Å². The number of thiazole rings is 1. The van der Waals surface area contributed by atoms with E-state index in [4.69, 9.17) is 9.47 Å². The number of fused-ring (bicyclic) bond motifs is 1. The average molecular weight is 333 g/mol. The molecule has 3 rings (SSSR count). The van der Waals surface area contributed by atoms with Crippen LogP contribution in [0.4, 0.5) is 5.13 Å². The van der Waals surface area contributed by atoms with Gasteiger partial charge in [-0.1, -0.05) is 19.1 Å². The smallest absolute Gasteiger partial charge is 0.240 e. The summed E-state index contributed by atoms with van der Waals surface area (Å²) < 4.78 is 11.7. The van der Waals surface area contributed by atoms with Crippen LogP contribution in [-0.2, 0) is 4.79 Å². The third-order valence-electron chi connectivity index (χ3n) is 3.52. The Morgan fingerprint density at radius 2 is 2.26 bits per heavy atom. The number of carbonyl (C=O) groups excluding carboxylic acids is 1. The van der Waals surface area contributed by atoms with Crippen molar-refractivity contribution in [1.29, 1.82) is 0 Å². The number of anilines is 1. The first kappa shape index (κ1) is 15.8. The molecular weight excluding hydrogens is 314 g/mol. The van der Waals surface area contributed by atoms with Gasteiger partial charge in [-0.25, -0.2) is 4.98 Å². The van der Waals surface area contributed by atoms with E-state index in [1.807, 2.05) is 41.5 Å². The van der Waals surface area contributed by atoms with Crippen LogP contribution in [-0.4, -0.2) is 48.1 Å². The zero-order chi connectivity index (χ0) is 16.1. The Morgan fingerprint density at radius 3 is 3.00 bits per heavy atom. The van der Waals surface area contributed by atoms with Crippen LogP contribution in [0.25, 0.3) is 0 Å². The van der Waals surface area contributed by atoms with Gasteiger partial charge in [-0.15, -0.1) is 11.3 Å². The third-order valence-corrected chi connectivity index (χ3v) is 4.21. The summed E-state index contributed by atoms with van der Waals surface area (Å²) in [6.07, 6.45) is 1.58. The van der Waals surface area contributed by atoms with Crippen LogP contribution in [0.1, 0.15) is 6.92 Å². The molecule has 2 aromatic rings. The third kappa shape index (κ3) is 4.20. The number of para-hydroxylation sites is 2. The summed E-state index contributed by atoms with van der Waals surface area (Å²) in [6.45, 7) is 4.20. The van der Waals surface area contributed by atoms with Crippen molar-refractivity contribution in [3.8, 4) is 11.5 Å². The summed E-state index contributed by atoms with van der Waals surface area (Å²) in [7, 11) is 0. The SMILES string of the molecule is CCN(CC(=O)Nc1nccs1)C[C@H]1COc2ccccc2O1. The van der Waals surface area contributed by atoms with Crippen LogP contribution in [0.2, 0.25) is 0 Å². The van der Waals surface area contributed by atoms with E-state index in [-0.39, 0.29) is 12.0 Å². The molecule has 0 unspecified atom stereocenters. The molecule has 1 aliphatic heterocycles. The Balaban J connectivity index is 1.52. The minimum Gasteiger partial charge on any atom is -0.486 e. The number of amides is 1. The van der Waals surface area contributed by atoms with Gasteiger partial charge in [0.25, 0.3) is 0 Å². The molecule has 0 fully saturated rings. The van der Waals surface area contributed by atoms with Crippen molar-refractivity contribution >= 4 is 22.4 Å². The van der Waals surface area contributed by atoms with Gasteiger partial charge in [0, 0.05) is 18.1 Å². The first-order chi connectivity index (χ1) is 11.2. The van der Waals surface area contributed by atoms with Crippen molar-refractivity contribution in [2.24, 2.45) is 0 Å². The molecule has 1 aliphatic rings. The molecule has 0 saturated heterocycles. The van der Waals surface area contributed by atoms with Gasteiger partial charge in [0.2, 0.25) is 5.91 Å². The number of hydrogen-bond donors (Lipinski definition) is 1. The van der Waals surface area contributed by atoms with Gasteiger partial charge >= 0.3 is 0 Å². The number of likely N-dealkylation sites (N-methyl/N-ethyl adjacent to an activating group) is 1. The number of aromatic nitrogens is 1. The van der Waals surface area contributed by atoms with E-state index >= 15 is 0 Å². The van der Waals surface area contributed by atoms with E-state index in [1.54, 1.807) is 6.20 Å². The minimum atomic E-state index is -0.0856. The molecule has 1 aromatic heterocycles. The van der Waals surface area contributed by atoms with Crippen molar-refractivity contribution in [3.05, 3.63) is 35.8 Å². The monoisotopic (exact) mass is 333 g/mol. The fraction of sp³-hybridized carbons (Fsp3) is 0.375. The maximum atomic E-state index is 12.1. The maximum absolute atomic E-state index is 12.1. The average Bonchev–Trinajstić information content (AvgIpc) is 3.07. The Kier molecular flexibility index (Phi) is 5.09. The lowest BCUT2D eigenvalue weighted by Crippen LogP contribution is -2.43. The molecule has 7 heteroatoms. The topological polar surface area (TPSA) is 63.7 Å². The normalized spacial score (nSPS) is 16.3. The standard InChI is InChI=1S/C16H19N3O3S/c1-2-19(10-15(20)18-16-17-7-8-23-16)9-12-11-21-13-5-3-4-6-14(13)22-12/h3-8,12H,2,9-11H2,1H3,(H,17,18,20)/t12-/m0/s1. The van der Waals surface area contributed by atoms with E-state index in [0.717, 1.165) is 18.0 Å². The van der Waals surface area contributed by atoms with Crippen LogP contribution in [0.3, 0.4) is 0 Å². The van der Waals surface area contributed by atoms with Gasteiger partial charge in [0.05, 0.1) is 6.54 Å². The Labute approximate surface area is 139 Å². The summed E-state index contributed by atoms with van der Waals surface area (Å²) >= 11 is 1.41. The first-order valence-electron chi connectivity index (χ1n) is 7.54. The predicted octanol–water partition coefficient (Wildman–Crippen LogP) is 2.24. The molecule has 0 radical (unpaired) electrons. The molecule has 2 heterocycles. The molecule has 0 aliphatic carbocycles. The highest BCUT2D eigenvalue weighted by molar-refractivity contribution is 7.13. The van der Waals surface area contributed by atoms with E-state index in [2.05, 4.69) is 10.3 Å². The lowest BCUT2D eigenvalue weighted by molar-refractivity contribution is -0.117. The molecule has 1 N–H and O–H groups in total. The summed E-state index contributed by atoms with van der Waals surface area (Å²) in [4.78, 5) is 18.1. The van der Waals surface area contributed by atoms with Crippen LogP contribution in [0, 0.1) is 0 Å². The number of ether oxygens (including phenoxy) is 2.